The van der Waals surface area contributed by atoms with E-state index in [1.807, 2.05) is 13.2 Å². The molecular formula is C17H31N3O. The van der Waals surface area contributed by atoms with Gasteiger partial charge in [0.15, 0.2) is 0 Å². The van der Waals surface area contributed by atoms with Crippen molar-refractivity contribution < 1.29 is 4.74 Å². The highest BCUT2D eigenvalue weighted by Gasteiger charge is 2.43. The van der Waals surface area contributed by atoms with Crippen LogP contribution in [-0.2, 0) is 11.3 Å². The lowest BCUT2D eigenvalue weighted by Gasteiger charge is -2.44. The average Bonchev–Trinajstić information content (AvgIpc) is 2.92. The maximum absolute atomic E-state index is 6.33. The molecule has 120 valence electrons. The van der Waals surface area contributed by atoms with Crippen LogP contribution in [0.3, 0.4) is 0 Å². The first-order valence-corrected chi connectivity index (χ1v) is 8.49. The monoisotopic (exact) mass is 293 g/mol. The SMILES string of the molecule is CCCn1nccc1C(NC)C1(OCC)CCC(C)CC1. The van der Waals surface area contributed by atoms with Gasteiger partial charge in [0, 0.05) is 19.3 Å². The van der Waals surface area contributed by atoms with E-state index in [2.05, 4.69) is 41.9 Å². The quantitative estimate of drug-likeness (QED) is 0.836. The van der Waals surface area contributed by atoms with Crippen LogP contribution < -0.4 is 5.32 Å². The number of aromatic nitrogens is 2. The molecule has 0 amide bonds. The Morgan fingerprint density at radius 3 is 2.71 bits per heavy atom. The van der Waals surface area contributed by atoms with E-state index < -0.39 is 0 Å². The van der Waals surface area contributed by atoms with E-state index >= 15 is 0 Å². The van der Waals surface area contributed by atoms with Crippen LogP contribution in [0.5, 0.6) is 0 Å². The lowest BCUT2D eigenvalue weighted by molar-refractivity contribution is -0.0978. The Morgan fingerprint density at radius 2 is 2.14 bits per heavy atom. The Balaban J connectivity index is 2.29. The molecule has 1 heterocycles. The third-order valence-electron chi connectivity index (χ3n) is 4.85. The third-order valence-corrected chi connectivity index (χ3v) is 4.85. The number of hydrogen-bond acceptors (Lipinski definition) is 3. The average molecular weight is 293 g/mol. The van der Waals surface area contributed by atoms with Crippen LogP contribution in [0.2, 0.25) is 0 Å². The van der Waals surface area contributed by atoms with Crippen LogP contribution in [0.4, 0.5) is 0 Å². The summed E-state index contributed by atoms with van der Waals surface area (Å²) < 4.78 is 8.46. The minimum Gasteiger partial charge on any atom is -0.373 e. The summed E-state index contributed by atoms with van der Waals surface area (Å²) >= 11 is 0. The molecule has 0 saturated heterocycles. The normalized spacial score (nSPS) is 27.7. The Kier molecular flexibility index (Phi) is 5.82. The molecule has 2 rings (SSSR count). The van der Waals surface area contributed by atoms with Gasteiger partial charge in [-0.15, -0.1) is 0 Å². The zero-order chi connectivity index (χ0) is 15.3. The predicted molar refractivity (Wildman–Crippen MR) is 86.3 cm³/mol. The van der Waals surface area contributed by atoms with Crippen molar-refractivity contribution in [1.29, 1.82) is 0 Å². The highest BCUT2D eigenvalue weighted by Crippen LogP contribution is 2.43. The van der Waals surface area contributed by atoms with Gasteiger partial charge < -0.3 is 10.1 Å². The molecule has 1 aromatic rings. The highest BCUT2D eigenvalue weighted by atomic mass is 16.5. The number of nitrogens with one attached hydrogen (secondary N) is 1. The van der Waals surface area contributed by atoms with E-state index in [0.717, 1.165) is 38.3 Å². The topological polar surface area (TPSA) is 39.1 Å². The summed E-state index contributed by atoms with van der Waals surface area (Å²) in [7, 11) is 2.05. The standard InChI is InChI=1S/C17H31N3O/c1-5-13-20-15(9-12-19-20)16(18-4)17(21-6-2)10-7-14(3)8-11-17/h9,12,14,16,18H,5-8,10-11,13H2,1-4H3. The van der Waals surface area contributed by atoms with Gasteiger partial charge in [-0.2, -0.15) is 5.10 Å². The van der Waals surface area contributed by atoms with Crippen LogP contribution in [0.25, 0.3) is 0 Å². The van der Waals surface area contributed by atoms with Gasteiger partial charge in [-0.3, -0.25) is 4.68 Å². The number of rotatable bonds is 7. The van der Waals surface area contributed by atoms with Gasteiger partial charge in [0.05, 0.1) is 17.3 Å². The minimum absolute atomic E-state index is 0.0818. The molecule has 1 fully saturated rings. The molecule has 1 unspecified atom stereocenters. The van der Waals surface area contributed by atoms with Gasteiger partial charge in [-0.25, -0.2) is 0 Å². The van der Waals surface area contributed by atoms with E-state index in [4.69, 9.17) is 4.74 Å². The molecule has 0 spiro atoms. The van der Waals surface area contributed by atoms with Gasteiger partial charge in [0.25, 0.3) is 0 Å². The summed E-state index contributed by atoms with van der Waals surface area (Å²) in [6.07, 6.45) is 7.78. The fourth-order valence-corrected chi connectivity index (χ4v) is 3.72. The lowest BCUT2D eigenvalue weighted by Crippen LogP contribution is -2.48. The van der Waals surface area contributed by atoms with Gasteiger partial charge in [-0.05, 0) is 58.1 Å². The Morgan fingerprint density at radius 1 is 1.43 bits per heavy atom. The third kappa shape index (κ3) is 3.49. The Bertz CT molecular complexity index is 421. The zero-order valence-electron chi connectivity index (χ0n) is 14.1. The summed E-state index contributed by atoms with van der Waals surface area (Å²) in [5, 5.41) is 8.02. The first-order valence-electron chi connectivity index (χ1n) is 8.49. The molecule has 4 nitrogen and oxygen atoms in total. The molecular weight excluding hydrogens is 262 g/mol. The van der Waals surface area contributed by atoms with Gasteiger partial charge in [-0.1, -0.05) is 13.8 Å². The second kappa shape index (κ2) is 7.41. The van der Waals surface area contributed by atoms with E-state index in [9.17, 15) is 0 Å². The predicted octanol–water partition coefficient (Wildman–Crippen LogP) is 3.54. The van der Waals surface area contributed by atoms with Crippen LogP contribution in [0.15, 0.2) is 12.3 Å². The summed E-state index contributed by atoms with van der Waals surface area (Å²) in [5.74, 6) is 0.816. The molecule has 21 heavy (non-hydrogen) atoms. The van der Waals surface area contributed by atoms with Crippen molar-refractivity contribution in [3.8, 4) is 0 Å². The number of likely N-dealkylation sites (N-methyl/N-ethyl adjacent to an activating group) is 1. The molecule has 1 aliphatic rings. The fourth-order valence-electron chi connectivity index (χ4n) is 3.72. The largest absolute Gasteiger partial charge is 0.373 e. The number of ether oxygens (including phenoxy) is 1. The molecule has 1 atom stereocenters. The smallest absolute Gasteiger partial charge is 0.0891 e. The van der Waals surface area contributed by atoms with Crippen molar-refractivity contribution in [1.82, 2.24) is 15.1 Å². The highest BCUT2D eigenvalue weighted by molar-refractivity contribution is 5.14. The number of nitrogens with zero attached hydrogens (tertiary/aromatic N) is 2. The lowest BCUT2D eigenvalue weighted by atomic mass is 9.74. The van der Waals surface area contributed by atoms with Crippen molar-refractivity contribution in [3.63, 3.8) is 0 Å². The van der Waals surface area contributed by atoms with E-state index in [1.54, 1.807) is 0 Å². The molecule has 0 aliphatic heterocycles. The Labute approximate surface area is 129 Å². The molecule has 1 saturated carbocycles. The molecule has 0 aromatic carbocycles. The zero-order valence-corrected chi connectivity index (χ0v) is 14.1. The van der Waals surface area contributed by atoms with E-state index in [-0.39, 0.29) is 11.6 Å². The Hall–Kier alpha value is -0.870. The number of aryl methyl sites for hydroxylation is 1. The minimum atomic E-state index is -0.0818. The van der Waals surface area contributed by atoms with Crippen molar-refractivity contribution in [2.45, 2.75) is 71.1 Å². The van der Waals surface area contributed by atoms with Gasteiger partial charge in [0.1, 0.15) is 0 Å². The first kappa shape index (κ1) is 16.5. The molecule has 0 bridgehead atoms. The van der Waals surface area contributed by atoms with Crippen molar-refractivity contribution >= 4 is 0 Å². The van der Waals surface area contributed by atoms with Crippen molar-refractivity contribution in [2.75, 3.05) is 13.7 Å². The second-order valence-corrected chi connectivity index (χ2v) is 6.38. The van der Waals surface area contributed by atoms with Crippen LogP contribution in [0, 0.1) is 5.92 Å². The van der Waals surface area contributed by atoms with E-state index in [1.165, 1.54) is 18.5 Å². The maximum atomic E-state index is 6.33. The van der Waals surface area contributed by atoms with Crippen molar-refractivity contribution in [2.24, 2.45) is 5.92 Å². The molecule has 1 N–H and O–H groups in total. The summed E-state index contributed by atoms with van der Waals surface area (Å²) in [4.78, 5) is 0. The molecule has 0 radical (unpaired) electrons. The van der Waals surface area contributed by atoms with Crippen LogP contribution in [0.1, 0.15) is 64.6 Å². The maximum Gasteiger partial charge on any atom is 0.0891 e. The molecule has 1 aromatic heterocycles. The van der Waals surface area contributed by atoms with Crippen molar-refractivity contribution in [3.05, 3.63) is 18.0 Å². The second-order valence-electron chi connectivity index (χ2n) is 6.38. The van der Waals surface area contributed by atoms with Gasteiger partial charge >= 0.3 is 0 Å². The molecule has 4 heteroatoms. The summed E-state index contributed by atoms with van der Waals surface area (Å²) in [6.45, 7) is 8.40. The van der Waals surface area contributed by atoms with Crippen LogP contribution in [-0.4, -0.2) is 29.0 Å². The summed E-state index contributed by atoms with van der Waals surface area (Å²) in [5.41, 5.74) is 1.18. The first-order chi connectivity index (χ1) is 10.2. The van der Waals surface area contributed by atoms with Gasteiger partial charge in [0.2, 0.25) is 0 Å². The fraction of sp³-hybridized carbons (Fsp3) is 0.824. The van der Waals surface area contributed by atoms with E-state index in [0.29, 0.717) is 0 Å². The summed E-state index contributed by atoms with van der Waals surface area (Å²) in [6, 6.07) is 2.37. The molecule has 1 aliphatic carbocycles. The number of hydrogen-bond donors (Lipinski definition) is 1. The van der Waals surface area contributed by atoms with Crippen LogP contribution >= 0.6 is 0 Å².